The molecule has 0 radical (unpaired) electrons. The zero-order valence-corrected chi connectivity index (χ0v) is 13.9. The van der Waals surface area contributed by atoms with Gasteiger partial charge in [0.1, 0.15) is 0 Å². The number of rotatable bonds is 1. The molecule has 0 aromatic carbocycles. The van der Waals surface area contributed by atoms with E-state index in [1.54, 1.807) is 0 Å². The van der Waals surface area contributed by atoms with E-state index in [0.717, 1.165) is 13.1 Å². The summed E-state index contributed by atoms with van der Waals surface area (Å²) in [6.45, 7) is 2.13. The van der Waals surface area contributed by atoms with E-state index in [1.807, 2.05) is 0 Å². The van der Waals surface area contributed by atoms with Crippen molar-refractivity contribution in [3.63, 3.8) is 0 Å². The zero-order valence-electron chi connectivity index (χ0n) is 9.45. The second kappa shape index (κ2) is 2.95. The number of hydrogen-bond donors (Lipinski definition) is 0. The summed E-state index contributed by atoms with van der Waals surface area (Å²) in [5.41, 5.74) is 8.37. The van der Waals surface area contributed by atoms with E-state index in [9.17, 15) is 0 Å². The van der Waals surface area contributed by atoms with E-state index in [2.05, 4.69) is 25.7 Å². The van der Waals surface area contributed by atoms with Crippen LogP contribution in [0.4, 0.5) is 0 Å². The average molecular weight is 289 g/mol. The maximum atomic E-state index is 6.87. The fourth-order valence-corrected chi connectivity index (χ4v) is 12.2. The molecule has 1 heterocycles. The third-order valence-corrected chi connectivity index (χ3v) is 17.3. The fourth-order valence-electron chi connectivity index (χ4n) is 2.46. The van der Waals surface area contributed by atoms with Crippen molar-refractivity contribution in [2.24, 2.45) is 0 Å². The van der Waals surface area contributed by atoms with Gasteiger partial charge < -0.3 is 0 Å². The molecule has 0 unspecified atom stereocenters. The van der Waals surface area contributed by atoms with Crippen molar-refractivity contribution in [2.75, 3.05) is 13.1 Å². The van der Waals surface area contributed by atoms with Crippen LogP contribution in [0.1, 0.15) is 19.3 Å². The van der Waals surface area contributed by atoms with Crippen LogP contribution >= 0.6 is 19.4 Å². The minimum atomic E-state index is -4.46. The molecule has 0 aromatic heterocycles. The first kappa shape index (κ1) is 15.8. The molecule has 0 aliphatic carbocycles. The van der Waals surface area contributed by atoms with Crippen LogP contribution in [0.25, 0.3) is 0 Å². The Labute approximate surface area is 105 Å². The number of halogens is 2. The van der Waals surface area contributed by atoms with Gasteiger partial charge >= 0.3 is 106 Å². The summed E-state index contributed by atoms with van der Waals surface area (Å²) < 4.78 is 2.37. The van der Waals surface area contributed by atoms with Crippen molar-refractivity contribution in [3.8, 4) is 0 Å². The molecule has 5 heteroatoms. The van der Waals surface area contributed by atoms with Crippen LogP contribution < -0.4 is 0 Å². The number of nitrogens with zero attached hydrogens (tertiary/aromatic N) is 1. The second-order valence-corrected chi connectivity index (χ2v) is 74.5. The topological polar surface area (TPSA) is 3.24 Å². The summed E-state index contributed by atoms with van der Waals surface area (Å²) in [5, 5.41) is 0. The molecule has 14 heavy (non-hydrogen) atoms. The van der Waals surface area contributed by atoms with Crippen LogP contribution in [0.5, 0.6) is 0 Å². The van der Waals surface area contributed by atoms with Gasteiger partial charge in [-0.25, -0.2) is 0 Å². The molecule has 0 atom stereocenters. The zero-order chi connectivity index (χ0) is 10.5. The van der Waals surface area contributed by atoms with Gasteiger partial charge in [-0.15, -0.1) is 0 Å². The van der Waals surface area contributed by atoms with Gasteiger partial charge in [-0.1, -0.05) is 0 Å². The molecule has 0 bridgehead atoms. The Balaban J connectivity index is 0.00000169. The van der Waals surface area contributed by atoms with Gasteiger partial charge in [-0.05, 0) is 0 Å². The van der Waals surface area contributed by atoms with Gasteiger partial charge in [0, 0.05) is 0 Å². The van der Waals surface area contributed by atoms with Crippen molar-refractivity contribution in [2.45, 2.75) is 41.3 Å². The quantitative estimate of drug-likeness (QED) is 0.659. The van der Waals surface area contributed by atoms with Crippen molar-refractivity contribution in [3.05, 3.63) is 0 Å². The minimum absolute atomic E-state index is 0. The molecule has 0 saturated carbocycles. The van der Waals surface area contributed by atoms with Crippen LogP contribution in [0.2, 0.25) is 22.1 Å². The first-order valence-corrected chi connectivity index (χ1v) is 27.3. The molecule has 1 fully saturated rings. The van der Waals surface area contributed by atoms with Gasteiger partial charge in [0.25, 0.3) is 0 Å². The molecule has 0 spiro atoms. The Bertz CT molecular complexity index is 224. The van der Waals surface area contributed by atoms with Gasteiger partial charge in [0.05, 0.1) is 0 Å². The van der Waals surface area contributed by atoms with E-state index in [4.69, 9.17) is 19.4 Å². The Morgan fingerprint density at radius 1 is 0.857 bits per heavy atom. The third-order valence-electron chi connectivity index (χ3n) is 3.58. The maximum absolute atomic E-state index is 6.87. The van der Waals surface area contributed by atoms with Crippen molar-refractivity contribution >= 4 is 38.2 Å². The first-order chi connectivity index (χ1) is 5.30. The Hall–Kier alpha value is 1.76. The van der Waals surface area contributed by atoms with E-state index in [0.29, 0.717) is 0 Å². The summed E-state index contributed by atoms with van der Waals surface area (Å²) in [7, 11) is 9.27. The van der Waals surface area contributed by atoms with Crippen molar-refractivity contribution in [1.82, 2.24) is 3.64 Å². The molecule has 1 nitrogen and oxygen atoms in total. The molecule has 0 N–H and O–H groups in total. The monoisotopic (exact) mass is 286 g/mol. The molecule has 81 valence electrons. The van der Waals surface area contributed by atoms with E-state index >= 15 is 0 Å². The molecule has 1 aliphatic rings. The molecular formula is C9H23Cl2LiNZn. The van der Waals surface area contributed by atoms with Gasteiger partial charge in [-0.3, -0.25) is 0 Å². The van der Waals surface area contributed by atoms with Crippen LogP contribution in [0.3, 0.4) is 0 Å². The molecule has 1 aliphatic heterocycles. The number of hydrogen-bond acceptors (Lipinski definition) is 1. The van der Waals surface area contributed by atoms with Crippen molar-refractivity contribution < 1.29 is 9.51 Å². The Kier molecular flexibility index (Phi) is 3.33. The molecule has 1 rings (SSSR count). The van der Waals surface area contributed by atoms with E-state index < -0.39 is 9.51 Å². The first-order valence-electron chi connectivity index (χ1n) is 6.31. The molecular weight excluding hydrogens is 265 g/mol. The van der Waals surface area contributed by atoms with Crippen molar-refractivity contribution in [1.29, 1.82) is 0 Å². The Morgan fingerprint density at radius 3 is 1.43 bits per heavy atom. The molecule has 0 aromatic rings. The molecule has 1 saturated heterocycles. The second-order valence-electron chi connectivity index (χ2n) is 10.2. The summed E-state index contributed by atoms with van der Waals surface area (Å²) >= 11 is 0. The average Bonchev–Trinajstić information content (AvgIpc) is 1.84. The summed E-state index contributed by atoms with van der Waals surface area (Å²) in [4.78, 5) is 0. The predicted molar refractivity (Wildman–Crippen MR) is 67.7 cm³/mol. The fraction of sp³-hybridized carbons (Fsp3) is 1.00. The standard InChI is InChI=1S/C5H10N.4CH3.2ClH.Li.Zn.H/c1-2-4-6-5-3-1;;;;;;;;;/h1-5H2;4*1H3;2*1H;;;/q-1;;;;;;;;+3;/p-2. The molecule has 0 amide bonds. The predicted octanol–water partition coefficient (Wildman–Crippen LogP) is 4.00. The van der Waals surface area contributed by atoms with Gasteiger partial charge in [-0.2, -0.15) is 0 Å². The van der Waals surface area contributed by atoms with Gasteiger partial charge in [0.15, 0.2) is 0 Å². The van der Waals surface area contributed by atoms with Crippen LogP contribution in [0.15, 0.2) is 0 Å². The SMILES string of the molecule is [CH3][Zn]([CH3])([CH3])([CH3])([Cl])([Cl])[N]1CCCCC1.[LiH]. The van der Waals surface area contributed by atoms with Gasteiger partial charge in [0.2, 0.25) is 0 Å². The van der Waals surface area contributed by atoms with E-state index in [-0.39, 0.29) is 18.9 Å². The number of piperidine rings is 1. The summed E-state index contributed by atoms with van der Waals surface area (Å²) in [6, 6.07) is 0. The van der Waals surface area contributed by atoms with Crippen LogP contribution in [0, 0.1) is 0 Å². The van der Waals surface area contributed by atoms with Crippen LogP contribution in [-0.4, -0.2) is 35.6 Å². The summed E-state index contributed by atoms with van der Waals surface area (Å²) in [5.74, 6) is 0. The van der Waals surface area contributed by atoms with E-state index in [1.165, 1.54) is 19.3 Å². The summed E-state index contributed by atoms with van der Waals surface area (Å²) in [6.07, 6.45) is 3.79. The van der Waals surface area contributed by atoms with Crippen LogP contribution in [-0.2, 0) is 9.51 Å². The normalized spacial score (nSPS) is 27.7. The Morgan fingerprint density at radius 2 is 1.21 bits per heavy atom. The third kappa shape index (κ3) is 4.73.